The summed E-state index contributed by atoms with van der Waals surface area (Å²) >= 11 is 0. The average Bonchev–Trinajstić information content (AvgIpc) is 2.69. The molecule has 0 spiro atoms. The Morgan fingerprint density at radius 3 is 2.36 bits per heavy atom. The fourth-order valence-corrected chi connectivity index (χ4v) is 2.55. The molecular formula is C19H18F3NO5. The maximum atomic E-state index is 14.4. The number of carbonyl (C=O) groups is 2. The van der Waals surface area contributed by atoms with Gasteiger partial charge in [0.05, 0.1) is 19.2 Å². The highest BCUT2D eigenvalue weighted by atomic mass is 19.2. The molecule has 1 atom stereocenters. The Balaban J connectivity index is 2.30. The molecule has 0 aromatic heterocycles. The van der Waals surface area contributed by atoms with Crippen molar-refractivity contribution in [1.82, 2.24) is 0 Å². The van der Waals surface area contributed by atoms with Crippen LogP contribution in [-0.2, 0) is 20.9 Å². The molecule has 150 valence electrons. The van der Waals surface area contributed by atoms with Crippen LogP contribution < -0.4 is 5.32 Å². The number of aromatic hydroxyl groups is 1. The topological polar surface area (TPSA) is 84.9 Å². The number of anilines is 1. The van der Waals surface area contributed by atoms with Crippen LogP contribution in [0.1, 0.15) is 30.4 Å². The zero-order chi connectivity index (χ0) is 20.8. The molecule has 2 rings (SSSR count). The minimum absolute atomic E-state index is 0.162. The van der Waals surface area contributed by atoms with Crippen LogP contribution in [0.25, 0.3) is 0 Å². The highest BCUT2D eigenvalue weighted by Gasteiger charge is 2.30. The SMILES string of the molecule is COC(=O)C[C@H](C)c1c(F)c(O)c(F)c(F)c1NC(=O)OCc1ccccc1. The zero-order valence-electron chi connectivity index (χ0n) is 15.1. The molecule has 0 unspecified atom stereocenters. The van der Waals surface area contributed by atoms with Crippen LogP contribution in [0.4, 0.5) is 23.7 Å². The third kappa shape index (κ3) is 4.73. The van der Waals surface area contributed by atoms with Crippen molar-refractivity contribution >= 4 is 17.7 Å². The molecule has 0 aliphatic rings. The van der Waals surface area contributed by atoms with Gasteiger partial charge in [-0.2, -0.15) is 4.39 Å². The van der Waals surface area contributed by atoms with Crippen LogP contribution in [0.15, 0.2) is 30.3 Å². The lowest BCUT2D eigenvalue weighted by Gasteiger charge is -2.19. The summed E-state index contributed by atoms with van der Waals surface area (Å²) in [5.41, 5.74) is -0.804. The molecule has 0 aliphatic heterocycles. The summed E-state index contributed by atoms with van der Waals surface area (Å²) in [6.45, 7) is 1.16. The van der Waals surface area contributed by atoms with Crippen LogP contribution in [0, 0.1) is 17.5 Å². The predicted molar refractivity (Wildman–Crippen MR) is 93.3 cm³/mol. The van der Waals surface area contributed by atoms with E-state index in [0.29, 0.717) is 5.56 Å². The first-order valence-corrected chi connectivity index (χ1v) is 8.20. The van der Waals surface area contributed by atoms with Gasteiger partial charge in [0.25, 0.3) is 0 Å². The second kappa shape index (κ2) is 9.12. The van der Waals surface area contributed by atoms with Gasteiger partial charge in [-0.3, -0.25) is 10.1 Å². The molecule has 0 fully saturated rings. The Hall–Kier alpha value is -3.23. The third-order valence-electron chi connectivity index (χ3n) is 3.97. The van der Waals surface area contributed by atoms with Crippen LogP contribution >= 0.6 is 0 Å². The van der Waals surface area contributed by atoms with Gasteiger partial charge in [0, 0.05) is 5.56 Å². The Kier molecular flexibility index (Phi) is 6.86. The van der Waals surface area contributed by atoms with Crippen molar-refractivity contribution in [2.75, 3.05) is 12.4 Å². The Labute approximate surface area is 158 Å². The van der Waals surface area contributed by atoms with E-state index in [1.54, 1.807) is 30.3 Å². The lowest BCUT2D eigenvalue weighted by Crippen LogP contribution is -2.19. The van der Waals surface area contributed by atoms with E-state index in [1.165, 1.54) is 6.92 Å². The number of benzene rings is 2. The van der Waals surface area contributed by atoms with E-state index in [-0.39, 0.29) is 6.61 Å². The number of phenols is 1. The van der Waals surface area contributed by atoms with Crippen molar-refractivity contribution in [3.63, 3.8) is 0 Å². The Bertz CT molecular complexity index is 874. The number of amides is 1. The first kappa shape index (κ1) is 21.1. The quantitative estimate of drug-likeness (QED) is 0.433. The number of carbonyl (C=O) groups excluding carboxylic acids is 2. The molecule has 9 heteroatoms. The Morgan fingerprint density at radius 2 is 1.75 bits per heavy atom. The average molecular weight is 397 g/mol. The van der Waals surface area contributed by atoms with Crippen molar-refractivity contribution in [3.05, 3.63) is 58.9 Å². The fourth-order valence-electron chi connectivity index (χ4n) is 2.55. The number of halogens is 3. The van der Waals surface area contributed by atoms with Crippen molar-refractivity contribution in [1.29, 1.82) is 0 Å². The standard InChI is InChI=1S/C19H18F3NO5/c1-10(8-12(24)27-2)13-14(20)18(25)16(22)15(21)17(13)23-19(26)28-9-11-6-4-3-5-7-11/h3-7,10,25H,8-9H2,1-2H3,(H,23,26)/t10-/m0/s1. The van der Waals surface area contributed by atoms with Crippen molar-refractivity contribution < 1.29 is 37.3 Å². The summed E-state index contributed by atoms with van der Waals surface area (Å²) in [4.78, 5) is 23.4. The van der Waals surface area contributed by atoms with Gasteiger partial charge >= 0.3 is 12.1 Å². The molecule has 0 saturated carbocycles. The maximum Gasteiger partial charge on any atom is 0.412 e. The normalized spacial score (nSPS) is 11.6. The van der Waals surface area contributed by atoms with Crippen LogP contribution in [0.3, 0.4) is 0 Å². The van der Waals surface area contributed by atoms with Gasteiger partial charge in [0.15, 0.2) is 17.4 Å². The third-order valence-corrected chi connectivity index (χ3v) is 3.97. The second-order valence-electron chi connectivity index (χ2n) is 5.95. The van der Waals surface area contributed by atoms with Gasteiger partial charge in [-0.25, -0.2) is 13.6 Å². The number of methoxy groups -OCH3 is 1. The summed E-state index contributed by atoms with van der Waals surface area (Å²) in [7, 11) is 1.11. The summed E-state index contributed by atoms with van der Waals surface area (Å²) < 4.78 is 51.9. The second-order valence-corrected chi connectivity index (χ2v) is 5.95. The number of nitrogens with one attached hydrogen (secondary N) is 1. The van der Waals surface area contributed by atoms with E-state index < -0.39 is 58.9 Å². The molecule has 2 N–H and O–H groups in total. The maximum absolute atomic E-state index is 14.4. The molecule has 28 heavy (non-hydrogen) atoms. The number of rotatable bonds is 6. The number of esters is 1. The highest BCUT2D eigenvalue weighted by molar-refractivity contribution is 5.86. The predicted octanol–water partition coefficient (Wildman–Crippen LogP) is 4.22. The van der Waals surface area contributed by atoms with E-state index in [2.05, 4.69) is 4.74 Å². The monoisotopic (exact) mass is 397 g/mol. The van der Waals surface area contributed by atoms with E-state index in [1.807, 2.05) is 5.32 Å². The molecule has 0 aliphatic carbocycles. The van der Waals surface area contributed by atoms with Gasteiger partial charge in [-0.1, -0.05) is 37.3 Å². The van der Waals surface area contributed by atoms with E-state index in [0.717, 1.165) is 7.11 Å². The smallest absolute Gasteiger partial charge is 0.412 e. The van der Waals surface area contributed by atoms with Crippen LogP contribution in [0.2, 0.25) is 0 Å². The van der Waals surface area contributed by atoms with E-state index in [4.69, 9.17) is 4.74 Å². The van der Waals surface area contributed by atoms with Crippen LogP contribution in [-0.4, -0.2) is 24.3 Å². The molecule has 0 heterocycles. The summed E-state index contributed by atoms with van der Waals surface area (Å²) in [5.74, 6) is -8.38. The Morgan fingerprint density at radius 1 is 1.11 bits per heavy atom. The minimum atomic E-state index is -1.87. The van der Waals surface area contributed by atoms with Gasteiger partial charge in [-0.15, -0.1) is 0 Å². The summed E-state index contributed by atoms with van der Waals surface area (Å²) in [6.07, 6.45) is -1.56. The summed E-state index contributed by atoms with van der Waals surface area (Å²) in [6, 6.07) is 8.55. The number of hydrogen-bond donors (Lipinski definition) is 2. The first-order valence-electron chi connectivity index (χ1n) is 8.20. The number of ether oxygens (including phenoxy) is 2. The van der Waals surface area contributed by atoms with Crippen LogP contribution in [0.5, 0.6) is 5.75 Å². The number of phenolic OH excluding ortho intramolecular Hbond substituents is 1. The molecule has 0 saturated heterocycles. The summed E-state index contributed by atoms with van der Waals surface area (Å²) in [5, 5.41) is 11.4. The van der Waals surface area contributed by atoms with Gasteiger partial charge in [0.2, 0.25) is 5.82 Å². The molecule has 2 aromatic rings. The lowest BCUT2D eigenvalue weighted by atomic mass is 9.94. The molecule has 6 nitrogen and oxygen atoms in total. The molecular weight excluding hydrogens is 379 g/mol. The van der Waals surface area contributed by atoms with Gasteiger partial charge in [0.1, 0.15) is 6.61 Å². The van der Waals surface area contributed by atoms with Crippen molar-refractivity contribution in [3.8, 4) is 5.75 Å². The molecule has 0 radical (unpaired) electrons. The van der Waals surface area contributed by atoms with Crippen molar-refractivity contribution in [2.45, 2.75) is 25.9 Å². The largest absolute Gasteiger partial charge is 0.503 e. The van der Waals surface area contributed by atoms with E-state index >= 15 is 0 Å². The molecule has 1 amide bonds. The highest BCUT2D eigenvalue weighted by Crippen LogP contribution is 2.39. The minimum Gasteiger partial charge on any atom is -0.503 e. The first-order chi connectivity index (χ1) is 13.3. The fraction of sp³-hybridized carbons (Fsp3) is 0.263. The molecule has 0 bridgehead atoms. The van der Waals surface area contributed by atoms with E-state index in [9.17, 15) is 27.9 Å². The van der Waals surface area contributed by atoms with Gasteiger partial charge < -0.3 is 14.6 Å². The molecule has 2 aromatic carbocycles. The van der Waals surface area contributed by atoms with Crippen molar-refractivity contribution in [2.24, 2.45) is 0 Å². The lowest BCUT2D eigenvalue weighted by molar-refractivity contribution is -0.140. The number of hydrogen-bond acceptors (Lipinski definition) is 5. The zero-order valence-corrected chi connectivity index (χ0v) is 15.1. The van der Waals surface area contributed by atoms with Gasteiger partial charge in [-0.05, 0) is 11.5 Å².